The molecule has 0 aromatic carbocycles. The van der Waals surface area contributed by atoms with Crippen LogP contribution in [0.5, 0.6) is 0 Å². The zero-order valence-electron chi connectivity index (χ0n) is 18.4. The average Bonchev–Trinajstić information content (AvgIpc) is 3.19. The summed E-state index contributed by atoms with van der Waals surface area (Å²) in [6, 6.07) is 0. The summed E-state index contributed by atoms with van der Waals surface area (Å²) >= 11 is 1.74. The fourth-order valence-electron chi connectivity index (χ4n) is 4.23. The van der Waals surface area contributed by atoms with Crippen LogP contribution in [0.1, 0.15) is 63.6 Å². The van der Waals surface area contributed by atoms with E-state index in [2.05, 4.69) is 46.7 Å². The summed E-state index contributed by atoms with van der Waals surface area (Å²) in [5.41, 5.74) is 1.42. The smallest absolute Gasteiger partial charge is 0.191 e. The van der Waals surface area contributed by atoms with E-state index >= 15 is 0 Å². The molecule has 1 aliphatic heterocycles. The highest BCUT2D eigenvalue weighted by molar-refractivity contribution is 14.0. The van der Waals surface area contributed by atoms with Crippen molar-refractivity contribution in [1.82, 2.24) is 20.5 Å². The van der Waals surface area contributed by atoms with E-state index in [1.165, 1.54) is 37.1 Å². The molecule has 0 radical (unpaired) electrons. The zero-order chi connectivity index (χ0) is 20.0. The third-order valence-electron chi connectivity index (χ3n) is 5.90. The third kappa shape index (κ3) is 6.77. The molecule has 2 fully saturated rings. The summed E-state index contributed by atoms with van der Waals surface area (Å²) < 4.78 is 5.59. The third-order valence-corrected chi connectivity index (χ3v) is 7.22. The van der Waals surface area contributed by atoms with Crippen LogP contribution in [0.2, 0.25) is 0 Å². The molecule has 0 spiro atoms. The number of guanidine groups is 1. The Balaban J connectivity index is 0.00000300. The molecule has 1 saturated heterocycles. The molecule has 1 aliphatic carbocycles. The molecule has 29 heavy (non-hydrogen) atoms. The largest absolute Gasteiger partial charge is 0.379 e. The van der Waals surface area contributed by atoms with Gasteiger partial charge in [-0.15, -0.1) is 35.3 Å². The van der Waals surface area contributed by atoms with Gasteiger partial charge in [0.25, 0.3) is 0 Å². The Morgan fingerprint density at radius 3 is 2.48 bits per heavy atom. The quantitative estimate of drug-likeness (QED) is 0.342. The standard InChI is InChI=1S/C21H37N5OS.HI/c1-20(2,3)18-25-17(15-28-18)14-23-19(22-4)24-16-21(8-6-5-7-9-21)26-10-12-27-13-11-26;/h15H,5-14,16H2,1-4H3,(H2,22,23,24);1H. The number of morpholine rings is 1. The molecule has 166 valence electrons. The second-order valence-electron chi connectivity index (χ2n) is 9.06. The molecule has 3 rings (SSSR count). The van der Waals surface area contributed by atoms with Crippen LogP contribution >= 0.6 is 35.3 Å². The minimum absolute atomic E-state index is 0. The van der Waals surface area contributed by atoms with Gasteiger partial charge in [0.05, 0.1) is 30.5 Å². The SMILES string of the molecule is CN=C(NCc1csc(C(C)(C)C)n1)NCC1(N2CCOCC2)CCCCC1.I. The van der Waals surface area contributed by atoms with Gasteiger partial charge in [-0.25, -0.2) is 4.98 Å². The van der Waals surface area contributed by atoms with Gasteiger partial charge in [-0.05, 0) is 12.8 Å². The predicted molar refractivity (Wildman–Crippen MR) is 133 cm³/mol. The van der Waals surface area contributed by atoms with Crippen molar-refractivity contribution in [2.24, 2.45) is 4.99 Å². The van der Waals surface area contributed by atoms with E-state index in [0.717, 1.165) is 44.5 Å². The molecule has 0 atom stereocenters. The summed E-state index contributed by atoms with van der Waals surface area (Å²) in [6.45, 7) is 12.1. The Hall–Kier alpha value is -0.450. The molecular weight excluding hydrogens is 497 g/mol. The lowest BCUT2D eigenvalue weighted by atomic mass is 9.80. The molecule has 1 aromatic heterocycles. The van der Waals surface area contributed by atoms with E-state index in [0.29, 0.717) is 6.54 Å². The minimum Gasteiger partial charge on any atom is -0.379 e. The van der Waals surface area contributed by atoms with Crippen molar-refractivity contribution in [2.75, 3.05) is 39.9 Å². The number of ether oxygens (including phenoxy) is 1. The number of nitrogens with one attached hydrogen (secondary N) is 2. The number of hydrogen-bond acceptors (Lipinski definition) is 5. The first-order chi connectivity index (χ1) is 13.4. The van der Waals surface area contributed by atoms with Crippen molar-refractivity contribution in [1.29, 1.82) is 0 Å². The predicted octanol–water partition coefficient (Wildman–Crippen LogP) is 3.76. The van der Waals surface area contributed by atoms with Crippen LogP contribution in [0.15, 0.2) is 10.4 Å². The fourth-order valence-corrected chi connectivity index (χ4v) is 5.14. The summed E-state index contributed by atoms with van der Waals surface area (Å²) in [7, 11) is 1.85. The van der Waals surface area contributed by atoms with Crippen LogP contribution in [0, 0.1) is 0 Å². The van der Waals surface area contributed by atoms with Gasteiger partial charge in [0, 0.05) is 43.0 Å². The molecule has 6 nitrogen and oxygen atoms in total. The molecule has 8 heteroatoms. The van der Waals surface area contributed by atoms with E-state index in [9.17, 15) is 0 Å². The van der Waals surface area contributed by atoms with Crippen LogP contribution in [0.4, 0.5) is 0 Å². The van der Waals surface area contributed by atoms with Gasteiger partial charge in [-0.2, -0.15) is 0 Å². The fraction of sp³-hybridized carbons (Fsp3) is 0.810. The number of rotatable bonds is 5. The number of halogens is 1. The maximum Gasteiger partial charge on any atom is 0.191 e. The molecular formula is C21H38IN5OS. The molecule has 0 bridgehead atoms. The van der Waals surface area contributed by atoms with Crippen LogP contribution in [0.25, 0.3) is 0 Å². The van der Waals surface area contributed by atoms with E-state index in [4.69, 9.17) is 9.72 Å². The number of aliphatic imine (C=N–C) groups is 1. The summed E-state index contributed by atoms with van der Waals surface area (Å²) in [6.07, 6.45) is 6.52. The molecule has 1 aromatic rings. The lowest BCUT2D eigenvalue weighted by molar-refractivity contribution is -0.0352. The second kappa shape index (κ2) is 11.2. The molecule has 0 amide bonds. The summed E-state index contributed by atoms with van der Waals surface area (Å²) in [5, 5.41) is 10.4. The Morgan fingerprint density at radius 1 is 1.21 bits per heavy atom. The Labute approximate surface area is 197 Å². The number of nitrogens with zero attached hydrogens (tertiary/aromatic N) is 3. The van der Waals surface area contributed by atoms with E-state index in [1.54, 1.807) is 11.3 Å². The topological polar surface area (TPSA) is 61.8 Å². The van der Waals surface area contributed by atoms with Gasteiger partial charge in [0.2, 0.25) is 0 Å². The van der Waals surface area contributed by atoms with Crippen molar-refractivity contribution in [3.63, 3.8) is 0 Å². The minimum atomic E-state index is 0. The molecule has 2 aliphatic rings. The van der Waals surface area contributed by atoms with E-state index in [-0.39, 0.29) is 34.9 Å². The normalized spacial score (nSPS) is 20.8. The average molecular weight is 536 g/mol. The number of aromatic nitrogens is 1. The van der Waals surface area contributed by atoms with E-state index < -0.39 is 0 Å². The van der Waals surface area contributed by atoms with Crippen molar-refractivity contribution in [2.45, 2.75) is 70.4 Å². The van der Waals surface area contributed by atoms with Gasteiger partial charge in [0.15, 0.2) is 5.96 Å². The Bertz CT molecular complexity index is 646. The highest BCUT2D eigenvalue weighted by Gasteiger charge is 2.38. The van der Waals surface area contributed by atoms with Crippen molar-refractivity contribution >= 4 is 41.3 Å². The van der Waals surface area contributed by atoms with Crippen molar-refractivity contribution in [3.8, 4) is 0 Å². The first-order valence-electron chi connectivity index (χ1n) is 10.7. The van der Waals surface area contributed by atoms with Gasteiger partial charge >= 0.3 is 0 Å². The van der Waals surface area contributed by atoms with Gasteiger partial charge in [-0.1, -0.05) is 40.0 Å². The second-order valence-corrected chi connectivity index (χ2v) is 9.92. The zero-order valence-corrected chi connectivity index (χ0v) is 21.6. The maximum absolute atomic E-state index is 5.59. The molecule has 2 N–H and O–H groups in total. The summed E-state index contributed by atoms with van der Waals surface area (Å²) in [4.78, 5) is 11.9. The van der Waals surface area contributed by atoms with Crippen LogP contribution in [-0.2, 0) is 16.7 Å². The lowest BCUT2D eigenvalue weighted by Crippen LogP contribution is -2.60. The number of thiazole rings is 1. The first kappa shape index (κ1) is 24.8. The van der Waals surface area contributed by atoms with Crippen LogP contribution < -0.4 is 10.6 Å². The van der Waals surface area contributed by atoms with Crippen molar-refractivity contribution < 1.29 is 4.74 Å². The highest BCUT2D eigenvalue weighted by atomic mass is 127. The van der Waals surface area contributed by atoms with Crippen molar-refractivity contribution in [3.05, 3.63) is 16.1 Å². The van der Waals surface area contributed by atoms with Gasteiger partial charge < -0.3 is 15.4 Å². The molecule has 2 heterocycles. The molecule has 1 saturated carbocycles. The monoisotopic (exact) mass is 535 g/mol. The highest BCUT2D eigenvalue weighted by Crippen LogP contribution is 2.33. The van der Waals surface area contributed by atoms with Crippen LogP contribution in [-0.4, -0.2) is 61.3 Å². The van der Waals surface area contributed by atoms with Gasteiger partial charge in [-0.3, -0.25) is 9.89 Å². The first-order valence-corrected chi connectivity index (χ1v) is 11.5. The molecule has 0 unspecified atom stereocenters. The maximum atomic E-state index is 5.59. The Morgan fingerprint density at radius 2 is 1.90 bits per heavy atom. The summed E-state index contributed by atoms with van der Waals surface area (Å²) in [5.74, 6) is 0.864. The van der Waals surface area contributed by atoms with Crippen LogP contribution in [0.3, 0.4) is 0 Å². The van der Waals surface area contributed by atoms with Gasteiger partial charge in [0.1, 0.15) is 0 Å². The number of hydrogen-bond donors (Lipinski definition) is 2. The lowest BCUT2D eigenvalue weighted by Gasteiger charge is -2.48. The Kier molecular flexibility index (Phi) is 9.63. The van der Waals surface area contributed by atoms with E-state index in [1.807, 2.05) is 7.05 Å².